The number of nitriles is 1. The van der Waals surface area contributed by atoms with E-state index in [-0.39, 0.29) is 17.6 Å². The molecule has 2 aliphatic rings. The highest BCUT2D eigenvalue weighted by atomic mass is 16.1. The Labute approximate surface area is 211 Å². The van der Waals surface area contributed by atoms with Gasteiger partial charge in [0, 0.05) is 41.9 Å². The normalized spacial score (nSPS) is 25.0. The minimum Gasteiger partial charge on any atom is -0.298 e. The molecule has 4 aromatic rings. The third kappa shape index (κ3) is 3.25. The molecule has 5 nitrogen and oxygen atoms in total. The van der Waals surface area contributed by atoms with E-state index in [2.05, 4.69) is 59.6 Å². The predicted molar refractivity (Wildman–Crippen MR) is 139 cm³/mol. The Hall–Kier alpha value is -4.04. The van der Waals surface area contributed by atoms with Crippen molar-refractivity contribution >= 4 is 5.78 Å². The van der Waals surface area contributed by atoms with Crippen LogP contribution in [0.1, 0.15) is 36.6 Å². The highest BCUT2D eigenvalue weighted by Crippen LogP contribution is 2.57. The van der Waals surface area contributed by atoms with E-state index in [0.717, 1.165) is 46.5 Å². The van der Waals surface area contributed by atoms with Crippen molar-refractivity contribution in [3.63, 3.8) is 0 Å². The number of hydrogen-bond acceptors (Lipinski definition) is 4. The first-order valence-corrected chi connectivity index (χ1v) is 12.6. The number of hydrogen-bond donors (Lipinski definition) is 0. The van der Waals surface area contributed by atoms with Gasteiger partial charge in [-0.1, -0.05) is 61.5 Å². The average Bonchev–Trinajstić information content (AvgIpc) is 3.28. The van der Waals surface area contributed by atoms with E-state index in [9.17, 15) is 10.1 Å². The number of benzene rings is 2. The Morgan fingerprint density at radius 3 is 2.33 bits per heavy atom. The quantitative estimate of drug-likeness (QED) is 0.381. The summed E-state index contributed by atoms with van der Waals surface area (Å²) in [5.74, 6) is -0.587. The van der Waals surface area contributed by atoms with E-state index in [4.69, 9.17) is 5.10 Å². The van der Waals surface area contributed by atoms with Crippen LogP contribution in [0.4, 0.5) is 0 Å². The topological polar surface area (TPSA) is 71.6 Å². The van der Waals surface area contributed by atoms with Crippen molar-refractivity contribution in [2.24, 2.45) is 24.8 Å². The molecule has 0 amide bonds. The van der Waals surface area contributed by atoms with E-state index in [1.807, 2.05) is 49.2 Å². The number of ketones is 1. The van der Waals surface area contributed by atoms with Crippen molar-refractivity contribution in [3.8, 4) is 28.5 Å². The van der Waals surface area contributed by atoms with E-state index in [1.165, 1.54) is 5.56 Å². The van der Waals surface area contributed by atoms with E-state index >= 15 is 0 Å². The van der Waals surface area contributed by atoms with Gasteiger partial charge in [0.15, 0.2) is 5.78 Å². The SMILES string of the molecule is C[C@@H]1C(=O)C(C#N)C[C@@]2(c3ccccc3)c3nn(C)c(-c4ccc(-c5ccncc5)cc4)c3CC[C@@H]12. The first kappa shape index (κ1) is 22.4. The fourth-order valence-corrected chi connectivity index (χ4v) is 6.79. The fraction of sp³-hybridized carbons (Fsp3) is 0.290. The lowest BCUT2D eigenvalue weighted by molar-refractivity contribution is -0.131. The van der Waals surface area contributed by atoms with Crippen LogP contribution in [0.5, 0.6) is 0 Å². The number of pyridine rings is 1. The zero-order chi connectivity index (χ0) is 24.9. The molecule has 1 unspecified atom stereocenters. The smallest absolute Gasteiger partial charge is 0.153 e. The molecular formula is C31H28N4O. The molecule has 1 saturated carbocycles. The Bertz CT molecular complexity index is 1470. The zero-order valence-corrected chi connectivity index (χ0v) is 20.6. The van der Waals surface area contributed by atoms with Crippen molar-refractivity contribution in [1.29, 1.82) is 5.26 Å². The number of nitrogens with zero attached hydrogens (tertiary/aromatic N) is 4. The molecule has 2 aromatic carbocycles. The summed E-state index contributed by atoms with van der Waals surface area (Å²) >= 11 is 0. The van der Waals surface area contributed by atoms with Gasteiger partial charge in [-0.3, -0.25) is 14.5 Å². The Morgan fingerprint density at radius 2 is 1.64 bits per heavy atom. The van der Waals surface area contributed by atoms with Crippen LogP contribution >= 0.6 is 0 Å². The van der Waals surface area contributed by atoms with E-state index < -0.39 is 11.3 Å². The third-order valence-corrected chi connectivity index (χ3v) is 8.44. The van der Waals surface area contributed by atoms with Gasteiger partial charge in [0.25, 0.3) is 0 Å². The molecule has 0 aliphatic heterocycles. The first-order valence-electron chi connectivity index (χ1n) is 12.6. The summed E-state index contributed by atoms with van der Waals surface area (Å²) in [4.78, 5) is 17.2. The van der Waals surface area contributed by atoms with Crippen molar-refractivity contribution in [2.45, 2.75) is 31.6 Å². The Kier molecular flexibility index (Phi) is 5.34. The van der Waals surface area contributed by atoms with Crippen LogP contribution in [0.25, 0.3) is 22.4 Å². The average molecular weight is 473 g/mol. The van der Waals surface area contributed by atoms with Gasteiger partial charge in [-0.2, -0.15) is 10.4 Å². The molecule has 2 heterocycles. The molecule has 0 bridgehead atoms. The van der Waals surface area contributed by atoms with Gasteiger partial charge in [-0.15, -0.1) is 0 Å². The van der Waals surface area contributed by atoms with Crippen molar-refractivity contribution < 1.29 is 4.79 Å². The van der Waals surface area contributed by atoms with Crippen LogP contribution in [-0.4, -0.2) is 20.5 Å². The molecule has 178 valence electrons. The number of aromatic nitrogens is 3. The molecule has 0 spiro atoms. The number of carbonyl (C=O) groups excluding carboxylic acids is 1. The van der Waals surface area contributed by atoms with Crippen LogP contribution in [0.3, 0.4) is 0 Å². The van der Waals surface area contributed by atoms with Crippen molar-refractivity contribution in [2.75, 3.05) is 0 Å². The number of Topliss-reactive ketones (excluding diaryl/α,β-unsaturated/α-hetero) is 1. The zero-order valence-electron chi connectivity index (χ0n) is 20.6. The standard InChI is InChI=1S/C31H28N4O/c1-20-27-13-12-26-28(23-10-8-21(9-11-23)22-14-16-33-17-15-22)35(2)34-30(26)31(27,18-24(19-32)29(20)36)25-6-4-3-5-7-25/h3-11,14-17,20,24,27H,12-13,18H2,1-2H3/t20-,24?,27-,31-/m0/s1. The summed E-state index contributed by atoms with van der Waals surface area (Å²) in [5, 5.41) is 15.1. The lowest BCUT2D eigenvalue weighted by Crippen LogP contribution is -2.52. The molecule has 1 fully saturated rings. The third-order valence-electron chi connectivity index (χ3n) is 8.44. The molecule has 0 N–H and O–H groups in total. The second-order valence-electron chi connectivity index (χ2n) is 10.2. The minimum atomic E-state index is -0.618. The summed E-state index contributed by atoms with van der Waals surface area (Å²) < 4.78 is 2.00. The molecule has 6 rings (SSSR count). The fourth-order valence-electron chi connectivity index (χ4n) is 6.79. The number of carbonyl (C=O) groups is 1. The molecule has 4 atom stereocenters. The maximum absolute atomic E-state index is 13.1. The van der Waals surface area contributed by atoms with Gasteiger partial charge in [0.2, 0.25) is 0 Å². The second-order valence-corrected chi connectivity index (χ2v) is 10.2. The van der Waals surface area contributed by atoms with Gasteiger partial charge in [-0.25, -0.2) is 0 Å². The molecule has 2 aliphatic carbocycles. The van der Waals surface area contributed by atoms with Crippen molar-refractivity contribution in [1.82, 2.24) is 14.8 Å². The molecule has 36 heavy (non-hydrogen) atoms. The highest BCUT2D eigenvalue weighted by Gasteiger charge is 2.57. The van der Waals surface area contributed by atoms with Crippen LogP contribution in [0, 0.1) is 29.1 Å². The Morgan fingerprint density at radius 1 is 0.972 bits per heavy atom. The van der Waals surface area contributed by atoms with Gasteiger partial charge in [0.05, 0.1) is 17.5 Å². The highest BCUT2D eigenvalue weighted by molar-refractivity contribution is 5.88. The van der Waals surface area contributed by atoms with E-state index in [1.54, 1.807) is 0 Å². The Balaban J connectivity index is 1.51. The molecular weight excluding hydrogens is 444 g/mol. The summed E-state index contributed by atoms with van der Waals surface area (Å²) in [7, 11) is 2.01. The van der Waals surface area contributed by atoms with Crippen molar-refractivity contribution in [3.05, 3.63) is 95.9 Å². The largest absolute Gasteiger partial charge is 0.298 e. The number of rotatable bonds is 3. The van der Waals surface area contributed by atoms with Gasteiger partial charge in [0.1, 0.15) is 5.92 Å². The maximum atomic E-state index is 13.1. The van der Waals surface area contributed by atoms with Gasteiger partial charge in [-0.05, 0) is 54.0 Å². The molecule has 0 radical (unpaired) electrons. The monoisotopic (exact) mass is 472 g/mol. The molecule has 5 heteroatoms. The molecule has 2 aromatic heterocycles. The van der Waals surface area contributed by atoms with Gasteiger partial charge >= 0.3 is 0 Å². The van der Waals surface area contributed by atoms with Gasteiger partial charge < -0.3 is 0 Å². The minimum absolute atomic E-state index is 0.0837. The predicted octanol–water partition coefficient (Wildman–Crippen LogP) is 5.75. The lowest BCUT2D eigenvalue weighted by atomic mass is 9.51. The maximum Gasteiger partial charge on any atom is 0.153 e. The van der Waals surface area contributed by atoms with E-state index in [0.29, 0.717) is 6.42 Å². The van der Waals surface area contributed by atoms with Crippen LogP contribution < -0.4 is 0 Å². The second kappa shape index (κ2) is 8.57. The van der Waals surface area contributed by atoms with Crippen LogP contribution in [0.2, 0.25) is 0 Å². The summed E-state index contributed by atoms with van der Waals surface area (Å²) in [6.45, 7) is 2.01. The number of aryl methyl sites for hydroxylation is 1. The summed E-state index contributed by atoms with van der Waals surface area (Å²) in [6, 6.07) is 25.4. The number of fused-ring (bicyclic) bond motifs is 3. The van der Waals surface area contributed by atoms with Crippen LogP contribution in [-0.2, 0) is 23.7 Å². The van der Waals surface area contributed by atoms with Crippen LogP contribution in [0.15, 0.2) is 79.1 Å². The summed E-state index contributed by atoms with van der Waals surface area (Å²) in [5.41, 5.74) is 7.53. The first-order chi connectivity index (χ1) is 17.5. The molecule has 0 saturated heterocycles. The summed E-state index contributed by atoms with van der Waals surface area (Å²) in [6.07, 6.45) is 5.89. The lowest BCUT2D eigenvalue weighted by Gasteiger charge is -2.50.